The summed E-state index contributed by atoms with van der Waals surface area (Å²) in [5, 5.41) is 13.5. The number of carbonyl (C=O) groups is 1. The molecule has 2 aromatic rings. The maximum Gasteiger partial charge on any atom is 0.271 e. The molecule has 1 aromatic carbocycles. The van der Waals surface area contributed by atoms with Crippen molar-refractivity contribution in [3.8, 4) is 0 Å². The molecule has 0 aliphatic carbocycles. The van der Waals surface area contributed by atoms with Gasteiger partial charge in [-0.05, 0) is 19.1 Å². The number of nitrogens with one attached hydrogen (secondary N) is 1. The molecular weight excluding hydrogens is 313 g/mol. The number of nitrogens with zero attached hydrogens (tertiary/aromatic N) is 2. The zero-order valence-electron chi connectivity index (χ0n) is 11.2. The summed E-state index contributed by atoms with van der Waals surface area (Å²) < 4.78 is 0. The summed E-state index contributed by atoms with van der Waals surface area (Å²) in [6.45, 7) is 1.79. The largest absolute Gasteiger partial charge is 0.387 e. The van der Waals surface area contributed by atoms with Crippen LogP contribution in [0.2, 0.25) is 10.0 Å². The second kappa shape index (κ2) is 6.85. The summed E-state index contributed by atoms with van der Waals surface area (Å²) in [5.41, 5.74) is 1.41. The third-order valence-electron chi connectivity index (χ3n) is 2.79. The third-order valence-corrected chi connectivity index (χ3v) is 3.35. The molecule has 7 heteroatoms. The van der Waals surface area contributed by atoms with E-state index in [-0.39, 0.29) is 12.2 Å². The standard InChI is InChI=1S/C14H13Cl2N3O2/c1-8-5-18-12(6-17-8)14(21)19-7-13(20)10-3-2-9(15)4-11(10)16/h2-6,13,20H,7H2,1H3,(H,19,21). The Kier molecular flexibility index (Phi) is 5.12. The number of hydrogen-bond donors (Lipinski definition) is 2. The Morgan fingerprint density at radius 2 is 2.10 bits per heavy atom. The van der Waals surface area contributed by atoms with Crippen molar-refractivity contribution in [1.82, 2.24) is 15.3 Å². The van der Waals surface area contributed by atoms with Gasteiger partial charge >= 0.3 is 0 Å². The van der Waals surface area contributed by atoms with Crippen molar-refractivity contribution in [2.24, 2.45) is 0 Å². The van der Waals surface area contributed by atoms with Crippen LogP contribution >= 0.6 is 23.2 Å². The summed E-state index contributed by atoms with van der Waals surface area (Å²) in [4.78, 5) is 19.8. The van der Waals surface area contributed by atoms with Crippen molar-refractivity contribution >= 4 is 29.1 Å². The number of rotatable bonds is 4. The number of halogens is 2. The molecule has 0 bridgehead atoms. The molecule has 0 saturated heterocycles. The molecule has 0 radical (unpaired) electrons. The second-order valence-electron chi connectivity index (χ2n) is 4.43. The molecule has 0 aliphatic rings. The minimum absolute atomic E-state index is 0.00966. The van der Waals surface area contributed by atoms with E-state index in [4.69, 9.17) is 23.2 Å². The number of hydrogen-bond acceptors (Lipinski definition) is 4. The third kappa shape index (κ3) is 4.14. The number of aryl methyl sites for hydroxylation is 1. The van der Waals surface area contributed by atoms with Crippen LogP contribution in [0.4, 0.5) is 0 Å². The number of amides is 1. The monoisotopic (exact) mass is 325 g/mol. The Labute approximate surface area is 131 Å². The van der Waals surface area contributed by atoms with Gasteiger partial charge in [-0.1, -0.05) is 29.3 Å². The zero-order chi connectivity index (χ0) is 15.4. The van der Waals surface area contributed by atoms with Crippen molar-refractivity contribution in [2.75, 3.05) is 6.54 Å². The van der Waals surface area contributed by atoms with Crippen LogP contribution in [-0.2, 0) is 0 Å². The molecule has 0 spiro atoms. The van der Waals surface area contributed by atoms with Crippen molar-refractivity contribution in [3.63, 3.8) is 0 Å². The molecule has 21 heavy (non-hydrogen) atoms. The second-order valence-corrected chi connectivity index (χ2v) is 5.28. The van der Waals surface area contributed by atoms with Crippen molar-refractivity contribution in [2.45, 2.75) is 13.0 Å². The summed E-state index contributed by atoms with van der Waals surface area (Å²) in [5.74, 6) is -0.411. The lowest BCUT2D eigenvalue weighted by Gasteiger charge is -2.13. The van der Waals surface area contributed by atoms with Gasteiger partial charge in [-0.15, -0.1) is 0 Å². The highest BCUT2D eigenvalue weighted by atomic mass is 35.5. The smallest absolute Gasteiger partial charge is 0.271 e. The van der Waals surface area contributed by atoms with Gasteiger partial charge in [0.1, 0.15) is 5.69 Å². The Balaban J connectivity index is 1.98. The molecule has 2 N–H and O–H groups in total. The van der Waals surface area contributed by atoms with Gasteiger partial charge < -0.3 is 10.4 Å². The van der Waals surface area contributed by atoms with E-state index in [2.05, 4.69) is 15.3 Å². The van der Waals surface area contributed by atoms with E-state index in [1.165, 1.54) is 18.5 Å². The fraction of sp³-hybridized carbons (Fsp3) is 0.214. The van der Waals surface area contributed by atoms with Crippen LogP contribution in [0, 0.1) is 6.92 Å². The molecule has 1 unspecified atom stereocenters. The first kappa shape index (κ1) is 15.7. The first-order valence-electron chi connectivity index (χ1n) is 6.17. The molecule has 2 rings (SSSR count). The topological polar surface area (TPSA) is 75.1 Å². The Morgan fingerprint density at radius 3 is 2.71 bits per heavy atom. The lowest BCUT2D eigenvalue weighted by molar-refractivity contribution is 0.0911. The lowest BCUT2D eigenvalue weighted by Crippen LogP contribution is -2.29. The number of benzene rings is 1. The van der Waals surface area contributed by atoms with Crippen LogP contribution < -0.4 is 5.32 Å². The molecule has 5 nitrogen and oxygen atoms in total. The number of aromatic nitrogens is 2. The predicted molar refractivity (Wildman–Crippen MR) is 80.5 cm³/mol. The van der Waals surface area contributed by atoms with Gasteiger partial charge in [-0.3, -0.25) is 9.78 Å². The molecule has 1 heterocycles. The van der Waals surface area contributed by atoms with E-state index in [1.807, 2.05) is 0 Å². The summed E-state index contributed by atoms with van der Waals surface area (Å²) >= 11 is 11.8. The molecule has 0 saturated carbocycles. The molecule has 1 amide bonds. The summed E-state index contributed by atoms with van der Waals surface area (Å²) in [6.07, 6.45) is 1.95. The first-order chi connectivity index (χ1) is 9.97. The molecule has 110 valence electrons. The molecular formula is C14H13Cl2N3O2. The van der Waals surface area contributed by atoms with Gasteiger partial charge in [0.25, 0.3) is 5.91 Å². The van der Waals surface area contributed by atoms with Crippen LogP contribution in [-0.4, -0.2) is 27.5 Å². The maximum absolute atomic E-state index is 11.9. The van der Waals surface area contributed by atoms with Crippen LogP contribution in [0.15, 0.2) is 30.6 Å². The van der Waals surface area contributed by atoms with E-state index in [9.17, 15) is 9.90 Å². The lowest BCUT2D eigenvalue weighted by atomic mass is 10.1. The average Bonchev–Trinajstić information content (AvgIpc) is 2.45. The Hall–Kier alpha value is -1.69. The average molecular weight is 326 g/mol. The van der Waals surface area contributed by atoms with Crippen LogP contribution in [0.1, 0.15) is 27.8 Å². The van der Waals surface area contributed by atoms with Crippen molar-refractivity contribution in [3.05, 3.63) is 57.6 Å². The van der Waals surface area contributed by atoms with Gasteiger partial charge in [0.2, 0.25) is 0 Å². The first-order valence-corrected chi connectivity index (χ1v) is 6.93. The van der Waals surface area contributed by atoms with E-state index in [0.717, 1.165) is 5.69 Å². The highest BCUT2D eigenvalue weighted by Crippen LogP contribution is 2.25. The summed E-state index contributed by atoms with van der Waals surface area (Å²) in [7, 11) is 0. The number of aliphatic hydroxyl groups excluding tert-OH is 1. The van der Waals surface area contributed by atoms with Crippen molar-refractivity contribution in [1.29, 1.82) is 0 Å². The Morgan fingerprint density at radius 1 is 1.33 bits per heavy atom. The predicted octanol–water partition coefficient (Wildman–Crippen LogP) is 2.56. The molecule has 1 atom stereocenters. The zero-order valence-corrected chi connectivity index (χ0v) is 12.7. The van der Waals surface area contributed by atoms with E-state index >= 15 is 0 Å². The highest BCUT2D eigenvalue weighted by molar-refractivity contribution is 6.35. The van der Waals surface area contributed by atoms with Crippen LogP contribution in [0.25, 0.3) is 0 Å². The van der Waals surface area contributed by atoms with Gasteiger partial charge in [0.15, 0.2) is 0 Å². The van der Waals surface area contributed by atoms with Gasteiger partial charge in [-0.25, -0.2) is 4.98 Å². The van der Waals surface area contributed by atoms with E-state index < -0.39 is 12.0 Å². The van der Waals surface area contributed by atoms with Crippen molar-refractivity contribution < 1.29 is 9.90 Å². The molecule has 1 aromatic heterocycles. The van der Waals surface area contributed by atoms with Gasteiger partial charge in [0, 0.05) is 28.4 Å². The van der Waals surface area contributed by atoms with Gasteiger partial charge in [0.05, 0.1) is 18.0 Å². The van der Waals surface area contributed by atoms with E-state index in [0.29, 0.717) is 15.6 Å². The summed E-state index contributed by atoms with van der Waals surface area (Å²) in [6, 6.07) is 4.78. The molecule has 0 aliphatic heterocycles. The number of carbonyl (C=O) groups excluding carboxylic acids is 1. The fourth-order valence-corrected chi connectivity index (χ4v) is 2.21. The van der Waals surface area contributed by atoms with Crippen LogP contribution in [0.5, 0.6) is 0 Å². The van der Waals surface area contributed by atoms with Gasteiger partial charge in [-0.2, -0.15) is 0 Å². The van der Waals surface area contributed by atoms with E-state index in [1.54, 1.807) is 19.1 Å². The Bertz CT molecular complexity index is 647. The van der Waals surface area contributed by atoms with Crippen LogP contribution in [0.3, 0.4) is 0 Å². The quantitative estimate of drug-likeness (QED) is 0.905. The molecule has 0 fully saturated rings. The maximum atomic E-state index is 11.9. The highest BCUT2D eigenvalue weighted by Gasteiger charge is 2.14. The minimum atomic E-state index is -0.933. The minimum Gasteiger partial charge on any atom is -0.387 e. The normalized spacial score (nSPS) is 12.0. The fourth-order valence-electron chi connectivity index (χ4n) is 1.67. The SMILES string of the molecule is Cc1cnc(C(=O)NCC(O)c2ccc(Cl)cc2Cl)cn1. The number of aliphatic hydroxyl groups is 1.